The van der Waals surface area contributed by atoms with Crippen LogP contribution in [0.3, 0.4) is 0 Å². The Morgan fingerprint density at radius 2 is 0.931 bits per heavy atom. The average Bonchev–Trinajstić information content (AvgIpc) is 3.39. The standard InChI is InChI=1S/C18H15P.C5H.C2H5.CO.Fe/c1-4-10-16(11-5-1)19(17-12-6-2-7-13-17)18-14-8-3-9-15-18;1-2-4-5-3-1;2*1-2;/h1-15H;1H;1H2,2H3;;/q;-5;-1;;+6/p+1. The predicted molar refractivity (Wildman–Crippen MR) is 119 cm³/mol. The molecule has 0 saturated heterocycles. The van der Waals surface area contributed by atoms with Crippen LogP contribution in [0.1, 0.15) is 6.92 Å². The van der Waals surface area contributed by atoms with Gasteiger partial charge in [0.05, 0.1) is 7.92 Å². The fourth-order valence-corrected chi connectivity index (χ4v) is 5.07. The molecule has 0 aliphatic heterocycles. The van der Waals surface area contributed by atoms with Gasteiger partial charge in [0.2, 0.25) is 0 Å². The van der Waals surface area contributed by atoms with Crippen molar-refractivity contribution in [1.82, 2.24) is 0 Å². The third-order valence-corrected chi connectivity index (χ3v) is 6.27. The van der Waals surface area contributed by atoms with Gasteiger partial charge in [-0.1, -0.05) is 54.6 Å². The molecule has 0 unspecified atom stereocenters. The van der Waals surface area contributed by atoms with Crippen LogP contribution in [0.5, 0.6) is 0 Å². The van der Waals surface area contributed by atoms with E-state index in [1.54, 1.807) is 13.0 Å². The summed E-state index contributed by atoms with van der Waals surface area (Å²) in [5.41, 5.74) is 0. The first kappa shape index (κ1) is 26.7. The summed E-state index contributed by atoms with van der Waals surface area (Å²) >= 11 is 0. The minimum absolute atomic E-state index is 0. The number of rotatable bonds is 3. The Morgan fingerprint density at radius 3 is 1.14 bits per heavy atom. The van der Waals surface area contributed by atoms with E-state index in [2.05, 4.69) is 129 Å². The molecular weight excluding hydrogens is 415 g/mol. The van der Waals surface area contributed by atoms with Crippen LogP contribution in [0.25, 0.3) is 0 Å². The summed E-state index contributed by atoms with van der Waals surface area (Å²) in [7, 11) is -0.877. The van der Waals surface area contributed by atoms with E-state index < -0.39 is 7.92 Å². The molecule has 0 spiro atoms. The first-order chi connectivity index (χ1) is 13.9. The van der Waals surface area contributed by atoms with E-state index in [9.17, 15) is 0 Å². The van der Waals surface area contributed by atoms with Gasteiger partial charge in [0.25, 0.3) is 0 Å². The second kappa shape index (κ2) is 17.8. The Hall–Kier alpha value is -2.30. The van der Waals surface area contributed by atoms with Gasteiger partial charge in [0, 0.05) is 0 Å². The molecule has 0 atom stereocenters. The molecule has 0 saturated carbocycles. The molecule has 1 nitrogen and oxygen atoms in total. The van der Waals surface area contributed by atoms with Crippen molar-refractivity contribution < 1.29 is 21.7 Å². The maximum atomic E-state index is 7.50. The molecule has 0 aliphatic rings. The van der Waals surface area contributed by atoms with Gasteiger partial charge in [-0.2, -0.15) is 6.92 Å². The monoisotopic (exact) mass is 437 g/mol. The molecule has 4 aromatic rings. The average molecular weight is 437 g/mol. The van der Waals surface area contributed by atoms with Gasteiger partial charge < -0.3 is 37.3 Å². The van der Waals surface area contributed by atoms with E-state index in [0.29, 0.717) is 0 Å². The molecule has 4 aromatic carbocycles. The van der Waals surface area contributed by atoms with Gasteiger partial charge in [-0.15, -0.1) is 0 Å². The Balaban J connectivity index is 0.000000667. The topological polar surface area (TPSA) is 19.9 Å². The zero-order chi connectivity index (χ0) is 20.5. The summed E-state index contributed by atoms with van der Waals surface area (Å²) < 4.78 is 7.50. The second-order valence-electron chi connectivity index (χ2n) is 5.16. The van der Waals surface area contributed by atoms with Gasteiger partial charge in [-0.25, -0.2) is 0 Å². The van der Waals surface area contributed by atoms with Gasteiger partial charge >= 0.3 is 28.4 Å². The Bertz CT molecular complexity index is 733. The summed E-state index contributed by atoms with van der Waals surface area (Å²) in [4.78, 5) is 0. The zero-order valence-electron chi connectivity index (χ0n) is 16.2. The molecule has 0 bridgehead atoms. The smallest absolute Gasteiger partial charge is 0.999 e. The normalized spacial score (nSPS) is 8.59. The van der Waals surface area contributed by atoms with Gasteiger partial charge in [0.1, 0.15) is 15.9 Å². The molecule has 3 heteroatoms. The van der Waals surface area contributed by atoms with E-state index in [4.69, 9.17) is 4.65 Å². The number of benzene rings is 3. The summed E-state index contributed by atoms with van der Waals surface area (Å²) in [5.74, 6) is 0. The summed E-state index contributed by atoms with van der Waals surface area (Å²) in [5, 5.41) is 4.31. The van der Waals surface area contributed by atoms with Gasteiger partial charge in [0.15, 0.2) is 0 Å². The van der Waals surface area contributed by atoms with Crippen LogP contribution < -0.4 is 15.9 Å². The molecule has 0 fully saturated rings. The third kappa shape index (κ3) is 9.64. The predicted octanol–water partition coefficient (Wildman–Crippen LogP) is 4.58. The van der Waals surface area contributed by atoms with E-state index in [1.165, 1.54) is 15.9 Å². The minimum Gasteiger partial charge on any atom is -0.999 e. The Morgan fingerprint density at radius 1 is 0.655 bits per heavy atom. The van der Waals surface area contributed by atoms with Crippen LogP contribution >= 0.6 is 7.92 Å². The maximum absolute atomic E-state index is 7.50. The molecule has 0 heterocycles. The van der Waals surface area contributed by atoms with Crippen molar-refractivity contribution in [1.29, 1.82) is 0 Å². The molecule has 0 N–H and O–H groups in total. The molecule has 0 radical (unpaired) electrons. The van der Waals surface area contributed by atoms with Crippen molar-refractivity contribution in [2.24, 2.45) is 0 Å². The van der Waals surface area contributed by atoms with Crippen molar-refractivity contribution >= 4 is 23.8 Å². The molecule has 0 aliphatic carbocycles. The number of hydrogen-bond donors (Lipinski definition) is 0. The molecule has 0 amide bonds. The quantitative estimate of drug-likeness (QED) is 0.194. The SMILES string of the molecule is [C-]#[O+].[CH2-]C.[Fe+6].[c-]1[c-][c-][cH-][c-]1.c1ccc([PH+](c2ccccc2)c2ccccc2)cc1. The van der Waals surface area contributed by atoms with Crippen LogP contribution in [-0.4, -0.2) is 0 Å². The fraction of sp³-hybridized carbons (Fsp3) is 0.0385. The second-order valence-corrected chi connectivity index (χ2v) is 7.64. The van der Waals surface area contributed by atoms with Crippen LogP contribution in [0.4, 0.5) is 0 Å². The molecule has 144 valence electrons. The Kier molecular flexibility index (Phi) is 16.4. The first-order valence-electron chi connectivity index (χ1n) is 8.72. The van der Waals surface area contributed by atoms with E-state index >= 15 is 0 Å². The molecular formula is C26H22FeOP+. The van der Waals surface area contributed by atoms with Crippen LogP contribution in [0.2, 0.25) is 0 Å². The van der Waals surface area contributed by atoms with Crippen molar-refractivity contribution in [2.75, 3.05) is 0 Å². The third-order valence-electron chi connectivity index (χ3n) is 3.54. The van der Waals surface area contributed by atoms with Crippen molar-refractivity contribution in [3.63, 3.8) is 0 Å². The van der Waals surface area contributed by atoms with Crippen molar-refractivity contribution in [3.8, 4) is 0 Å². The van der Waals surface area contributed by atoms with Crippen LogP contribution in [-0.2, 0) is 21.7 Å². The minimum atomic E-state index is -0.877. The van der Waals surface area contributed by atoms with Gasteiger partial charge in [-0.3, -0.25) is 0 Å². The van der Waals surface area contributed by atoms with E-state index in [-0.39, 0.29) is 17.1 Å². The fourth-order valence-electron chi connectivity index (χ4n) is 2.49. The van der Waals surface area contributed by atoms with Crippen molar-refractivity contribution in [3.05, 3.63) is 135 Å². The number of hydrogen-bond acceptors (Lipinski definition) is 0. The van der Waals surface area contributed by atoms with E-state index in [1.807, 2.05) is 0 Å². The first-order valence-corrected chi connectivity index (χ1v) is 10.2. The van der Waals surface area contributed by atoms with Gasteiger partial charge in [-0.05, 0) is 36.4 Å². The zero-order valence-corrected chi connectivity index (χ0v) is 18.3. The summed E-state index contributed by atoms with van der Waals surface area (Å²) in [6.07, 6.45) is 0. The van der Waals surface area contributed by atoms with Crippen LogP contribution in [0, 0.1) is 37.8 Å². The Labute approximate surface area is 187 Å². The molecule has 4 rings (SSSR count). The molecule has 0 aromatic heterocycles. The van der Waals surface area contributed by atoms with Crippen molar-refractivity contribution in [2.45, 2.75) is 6.92 Å². The largest absolute Gasteiger partial charge is 6.00 e. The molecule has 29 heavy (non-hydrogen) atoms. The van der Waals surface area contributed by atoms with Crippen LogP contribution in [0.15, 0.2) is 97.1 Å². The summed E-state index contributed by atoms with van der Waals surface area (Å²) in [6.45, 7) is 9.50. The summed E-state index contributed by atoms with van der Waals surface area (Å²) in [6, 6.07) is 44.5. The maximum Gasteiger partial charge on any atom is 6.00 e. The van der Waals surface area contributed by atoms with E-state index in [0.717, 1.165) is 0 Å².